The monoisotopic (exact) mass is 192 g/mol. The van der Waals surface area contributed by atoms with Crippen molar-refractivity contribution >= 4 is 11.4 Å². The zero-order chi connectivity index (χ0) is 10.4. The summed E-state index contributed by atoms with van der Waals surface area (Å²) in [6, 6.07) is 7.33. The average molecular weight is 192 g/mol. The lowest BCUT2D eigenvalue weighted by Gasteiger charge is -2.18. The fourth-order valence-electron chi connectivity index (χ4n) is 1.29. The van der Waals surface area contributed by atoms with E-state index in [4.69, 9.17) is 0 Å². The highest BCUT2D eigenvalue weighted by atomic mass is 16.3. The van der Waals surface area contributed by atoms with Gasteiger partial charge in [0.25, 0.3) is 0 Å². The number of hydrogen-bond acceptors (Lipinski definition) is 3. The lowest BCUT2D eigenvalue weighted by atomic mass is 10.2. The second-order valence-electron chi connectivity index (χ2n) is 3.38. The minimum absolute atomic E-state index is 0.484. The van der Waals surface area contributed by atoms with Gasteiger partial charge in [0.05, 0.1) is 0 Å². The molecular weight excluding hydrogens is 176 g/mol. The van der Waals surface area contributed by atoms with Crippen molar-refractivity contribution in [3.8, 4) is 0 Å². The summed E-state index contributed by atoms with van der Waals surface area (Å²) in [6.07, 6.45) is 2.38. The Morgan fingerprint density at radius 1 is 1.29 bits per heavy atom. The molecule has 0 aliphatic carbocycles. The van der Waals surface area contributed by atoms with Gasteiger partial charge in [-0.05, 0) is 35.9 Å². The van der Waals surface area contributed by atoms with E-state index in [2.05, 4.69) is 24.0 Å². The van der Waals surface area contributed by atoms with E-state index in [1.54, 1.807) is 12.1 Å². The normalized spacial score (nSPS) is 9.86. The van der Waals surface area contributed by atoms with Gasteiger partial charge >= 0.3 is 0 Å². The van der Waals surface area contributed by atoms with Gasteiger partial charge in [0, 0.05) is 19.3 Å². The summed E-state index contributed by atoms with van der Waals surface area (Å²) in [4.78, 5) is 12.4. The second kappa shape index (κ2) is 5.37. The third kappa shape index (κ3) is 2.83. The number of benzene rings is 1. The molecule has 1 aromatic rings. The fourth-order valence-corrected chi connectivity index (χ4v) is 1.29. The van der Waals surface area contributed by atoms with Crippen LogP contribution in [-0.4, -0.2) is 13.6 Å². The van der Waals surface area contributed by atoms with Crippen LogP contribution < -0.4 is 4.90 Å². The third-order valence-corrected chi connectivity index (χ3v) is 2.24. The molecule has 0 saturated carbocycles. The number of hydrogen-bond donors (Lipinski definition) is 0. The molecule has 0 aromatic heterocycles. The van der Waals surface area contributed by atoms with E-state index in [1.807, 2.05) is 12.1 Å². The molecule has 14 heavy (non-hydrogen) atoms. The smallest absolute Gasteiger partial charge is 0.108 e. The van der Waals surface area contributed by atoms with Crippen LogP contribution in [0.15, 0.2) is 29.4 Å². The summed E-state index contributed by atoms with van der Waals surface area (Å²) in [5, 5.41) is 2.86. The second-order valence-corrected chi connectivity index (χ2v) is 3.38. The molecule has 0 unspecified atom stereocenters. The van der Waals surface area contributed by atoms with Gasteiger partial charge in [0.15, 0.2) is 0 Å². The van der Waals surface area contributed by atoms with Crippen LogP contribution in [0.4, 0.5) is 11.4 Å². The zero-order valence-electron chi connectivity index (χ0n) is 8.73. The predicted octanol–water partition coefficient (Wildman–Crippen LogP) is 3.32. The maximum Gasteiger partial charge on any atom is 0.108 e. The Hall–Kier alpha value is -1.38. The van der Waals surface area contributed by atoms with Crippen molar-refractivity contribution in [2.24, 2.45) is 5.18 Å². The molecule has 0 aliphatic heterocycles. The molecule has 0 radical (unpaired) electrons. The largest absolute Gasteiger partial charge is 0.375 e. The molecule has 76 valence electrons. The van der Waals surface area contributed by atoms with E-state index in [0.717, 1.165) is 12.2 Å². The Kier molecular flexibility index (Phi) is 4.11. The van der Waals surface area contributed by atoms with E-state index in [9.17, 15) is 4.91 Å². The summed E-state index contributed by atoms with van der Waals surface area (Å²) < 4.78 is 0. The predicted molar refractivity (Wildman–Crippen MR) is 60.1 cm³/mol. The molecule has 0 atom stereocenters. The van der Waals surface area contributed by atoms with Gasteiger partial charge in [-0.2, -0.15) is 0 Å². The van der Waals surface area contributed by atoms with E-state index in [0.29, 0.717) is 5.69 Å². The highest BCUT2D eigenvalue weighted by molar-refractivity contribution is 5.52. The molecule has 0 heterocycles. The first-order valence-corrected chi connectivity index (χ1v) is 4.92. The van der Waals surface area contributed by atoms with Crippen LogP contribution in [0, 0.1) is 4.91 Å². The van der Waals surface area contributed by atoms with Crippen LogP contribution in [0.1, 0.15) is 19.8 Å². The van der Waals surface area contributed by atoms with Gasteiger partial charge in [-0.3, -0.25) is 0 Å². The van der Waals surface area contributed by atoms with Gasteiger partial charge in [0.2, 0.25) is 0 Å². The number of nitrogens with zero attached hydrogens (tertiary/aromatic N) is 2. The van der Waals surface area contributed by atoms with Crippen LogP contribution >= 0.6 is 0 Å². The van der Waals surface area contributed by atoms with Gasteiger partial charge < -0.3 is 4.90 Å². The summed E-state index contributed by atoms with van der Waals surface area (Å²) in [5.74, 6) is 0. The van der Waals surface area contributed by atoms with E-state index >= 15 is 0 Å². The van der Waals surface area contributed by atoms with Crippen molar-refractivity contribution in [2.75, 3.05) is 18.5 Å². The van der Waals surface area contributed by atoms with Crippen molar-refractivity contribution in [2.45, 2.75) is 19.8 Å². The zero-order valence-corrected chi connectivity index (χ0v) is 8.73. The summed E-state index contributed by atoms with van der Waals surface area (Å²) in [7, 11) is 2.05. The van der Waals surface area contributed by atoms with Crippen molar-refractivity contribution in [3.05, 3.63) is 29.2 Å². The molecule has 0 fully saturated rings. The number of rotatable bonds is 5. The van der Waals surface area contributed by atoms with Gasteiger partial charge in [-0.1, -0.05) is 13.3 Å². The maximum absolute atomic E-state index is 10.2. The average Bonchev–Trinajstić information content (AvgIpc) is 2.26. The van der Waals surface area contributed by atoms with Gasteiger partial charge in [-0.15, -0.1) is 4.91 Å². The quantitative estimate of drug-likeness (QED) is 0.670. The van der Waals surface area contributed by atoms with Crippen molar-refractivity contribution in [1.82, 2.24) is 0 Å². The van der Waals surface area contributed by atoms with Crippen LogP contribution in [-0.2, 0) is 0 Å². The molecule has 0 amide bonds. The van der Waals surface area contributed by atoms with Gasteiger partial charge in [0.1, 0.15) is 5.69 Å². The molecule has 0 saturated heterocycles. The summed E-state index contributed by atoms with van der Waals surface area (Å²) in [6.45, 7) is 3.22. The molecule has 0 N–H and O–H groups in total. The maximum atomic E-state index is 10.2. The highest BCUT2D eigenvalue weighted by Crippen LogP contribution is 2.18. The summed E-state index contributed by atoms with van der Waals surface area (Å²) in [5.41, 5.74) is 1.61. The first-order chi connectivity index (χ1) is 6.77. The Bertz CT molecular complexity index is 282. The van der Waals surface area contributed by atoms with Crippen molar-refractivity contribution in [1.29, 1.82) is 0 Å². The SMILES string of the molecule is CCCCN(C)c1ccc(N=O)cc1. The van der Waals surface area contributed by atoms with Crippen LogP contribution in [0.5, 0.6) is 0 Å². The molecular formula is C11H16N2O. The first kappa shape index (κ1) is 10.7. The number of anilines is 1. The molecule has 0 bridgehead atoms. The highest BCUT2D eigenvalue weighted by Gasteiger charge is 1.99. The number of unbranched alkanes of at least 4 members (excludes halogenated alkanes) is 1. The molecule has 1 aromatic carbocycles. The molecule has 3 nitrogen and oxygen atoms in total. The molecule has 0 spiro atoms. The van der Waals surface area contributed by atoms with E-state index in [1.165, 1.54) is 12.8 Å². The van der Waals surface area contributed by atoms with Crippen LogP contribution in [0.25, 0.3) is 0 Å². The van der Waals surface area contributed by atoms with Gasteiger partial charge in [-0.25, -0.2) is 0 Å². The third-order valence-electron chi connectivity index (χ3n) is 2.24. The fraction of sp³-hybridized carbons (Fsp3) is 0.455. The topological polar surface area (TPSA) is 32.7 Å². The minimum Gasteiger partial charge on any atom is -0.375 e. The molecule has 0 aliphatic rings. The minimum atomic E-state index is 0.484. The Labute approximate surface area is 84.7 Å². The van der Waals surface area contributed by atoms with E-state index in [-0.39, 0.29) is 0 Å². The Balaban J connectivity index is 2.61. The Morgan fingerprint density at radius 3 is 2.43 bits per heavy atom. The van der Waals surface area contributed by atoms with E-state index < -0.39 is 0 Å². The van der Waals surface area contributed by atoms with Crippen LogP contribution in [0.3, 0.4) is 0 Å². The summed E-state index contributed by atoms with van der Waals surface area (Å²) >= 11 is 0. The van der Waals surface area contributed by atoms with Crippen molar-refractivity contribution < 1.29 is 0 Å². The molecule has 3 heteroatoms. The molecule has 1 rings (SSSR count). The lowest BCUT2D eigenvalue weighted by Crippen LogP contribution is -2.17. The Morgan fingerprint density at radius 2 is 1.93 bits per heavy atom. The first-order valence-electron chi connectivity index (χ1n) is 4.92. The standard InChI is InChI=1S/C11H16N2O/c1-3-4-9-13(2)11-7-5-10(12-14)6-8-11/h5-8H,3-4,9H2,1-2H3. The van der Waals surface area contributed by atoms with Crippen molar-refractivity contribution in [3.63, 3.8) is 0 Å². The number of nitroso groups, excluding NO2 is 1. The van der Waals surface area contributed by atoms with Crippen LogP contribution in [0.2, 0.25) is 0 Å². The lowest BCUT2D eigenvalue weighted by molar-refractivity contribution is 0.767.